The number of phenols is 1. The molecule has 1 aliphatic rings. The molecular formula is C10H8BrNO4S. The summed E-state index contributed by atoms with van der Waals surface area (Å²) >= 11 is 2.86. The van der Waals surface area contributed by atoms with Crippen molar-refractivity contribution in [2.75, 3.05) is 6.61 Å². The molecule has 0 aliphatic carbocycles. The Morgan fingerprint density at radius 3 is 2.47 bits per heavy atom. The van der Waals surface area contributed by atoms with Crippen LogP contribution in [0.2, 0.25) is 0 Å². The van der Waals surface area contributed by atoms with Gasteiger partial charge in [-0.25, -0.2) is 13.4 Å². The van der Waals surface area contributed by atoms with Gasteiger partial charge in [-0.15, -0.1) is 0 Å². The SMILES string of the molecule is O=S1(=O)C(COc2ccc(O)cc2)=CN=C1Br. The fourth-order valence-electron chi connectivity index (χ4n) is 1.18. The predicted octanol–water partition coefficient (Wildman–Crippen LogP) is 1.79. The number of phenolic OH excluding ortho intramolecular Hbond substituents is 1. The number of sulfone groups is 1. The second kappa shape index (κ2) is 4.50. The Bertz CT molecular complexity index is 589. The van der Waals surface area contributed by atoms with Gasteiger partial charge in [0.25, 0.3) is 0 Å². The van der Waals surface area contributed by atoms with Crippen LogP contribution in [0.25, 0.3) is 0 Å². The van der Waals surface area contributed by atoms with Gasteiger partial charge >= 0.3 is 0 Å². The van der Waals surface area contributed by atoms with Crippen LogP contribution in [0.15, 0.2) is 40.4 Å². The lowest BCUT2D eigenvalue weighted by atomic mass is 10.3. The molecule has 7 heteroatoms. The molecule has 0 spiro atoms. The molecule has 0 aromatic heterocycles. The van der Waals surface area contributed by atoms with Crippen molar-refractivity contribution in [3.63, 3.8) is 0 Å². The summed E-state index contributed by atoms with van der Waals surface area (Å²) in [4.78, 5) is 3.75. The number of nitrogens with zero attached hydrogens (tertiary/aromatic N) is 1. The lowest BCUT2D eigenvalue weighted by Gasteiger charge is -2.06. The average Bonchev–Trinajstić information content (AvgIpc) is 2.54. The van der Waals surface area contributed by atoms with Gasteiger partial charge < -0.3 is 9.84 Å². The maximum absolute atomic E-state index is 11.6. The minimum absolute atomic E-state index is 0.0916. The lowest BCUT2D eigenvalue weighted by Crippen LogP contribution is -2.12. The topological polar surface area (TPSA) is 76.0 Å². The maximum atomic E-state index is 11.6. The number of halogens is 1. The Morgan fingerprint density at radius 2 is 1.94 bits per heavy atom. The third kappa shape index (κ3) is 2.50. The van der Waals surface area contributed by atoms with Crippen LogP contribution in [0.3, 0.4) is 0 Å². The molecule has 5 nitrogen and oxygen atoms in total. The maximum Gasteiger partial charge on any atom is 0.231 e. The number of hydrogen-bond donors (Lipinski definition) is 1. The summed E-state index contributed by atoms with van der Waals surface area (Å²) in [7, 11) is -3.49. The van der Waals surface area contributed by atoms with Crippen molar-refractivity contribution >= 4 is 29.7 Å². The highest BCUT2D eigenvalue weighted by atomic mass is 79.9. The summed E-state index contributed by atoms with van der Waals surface area (Å²) < 4.78 is 28.4. The number of rotatable bonds is 3. The third-order valence-corrected chi connectivity index (χ3v) is 5.04. The van der Waals surface area contributed by atoms with Crippen molar-refractivity contribution in [2.45, 2.75) is 0 Å². The largest absolute Gasteiger partial charge is 0.508 e. The van der Waals surface area contributed by atoms with Crippen LogP contribution in [0, 0.1) is 0 Å². The van der Waals surface area contributed by atoms with Crippen molar-refractivity contribution in [1.29, 1.82) is 0 Å². The van der Waals surface area contributed by atoms with Gasteiger partial charge in [0.15, 0.2) is 0 Å². The van der Waals surface area contributed by atoms with E-state index in [4.69, 9.17) is 9.84 Å². The summed E-state index contributed by atoms with van der Waals surface area (Å²) in [5.74, 6) is 0.595. The first-order valence-corrected chi connectivity index (χ1v) is 6.87. The van der Waals surface area contributed by atoms with Crippen molar-refractivity contribution in [3.05, 3.63) is 35.4 Å². The quantitative estimate of drug-likeness (QED) is 0.922. The Kier molecular flexibility index (Phi) is 3.21. The van der Waals surface area contributed by atoms with Gasteiger partial charge in [-0.1, -0.05) is 0 Å². The van der Waals surface area contributed by atoms with E-state index < -0.39 is 9.84 Å². The van der Waals surface area contributed by atoms with Crippen molar-refractivity contribution in [2.24, 2.45) is 4.99 Å². The van der Waals surface area contributed by atoms with Crippen LogP contribution >= 0.6 is 15.9 Å². The van der Waals surface area contributed by atoms with E-state index in [9.17, 15) is 8.42 Å². The molecule has 1 N–H and O–H groups in total. The third-order valence-electron chi connectivity index (χ3n) is 2.09. The molecule has 0 saturated carbocycles. The van der Waals surface area contributed by atoms with E-state index in [2.05, 4.69) is 20.9 Å². The Hall–Kier alpha value is -1.34. The Labute approximate surface area is 106 Å². The van der Waals surface area contributed by atoms with Gasteiger partial charge in [-0.3, -0.25) is 0 Å². The molecule has 0 radical (unpaired) electrons. The zero-order valence-corrected chi connectivity index (χ0v) is 10.9. The van der Waals surface area contributed by atoms with E-state index in [0.717, 1.165) is 0 Å². The number of aromatic hydroxyl groups is 1. The van der Waals surface area contributed by atoms with E-state index in [1.54, 1.807) is 12.1 Å². The average molecular weight is 318 g/mol. The first-order valence-electron chi connectivity index (χ1n) is 4.59. The molecule has 17 heavy (non-hydrogen) atoms. The van der Waals surface area contributed by atoms with Gasteiger partial charge in [-0.05, 0) is 40.2 Å². The van der Waals surface area contributed by atoms with Crippen LogP contribution in [0.1, 0.15) is 0 Å². The van der Waals surface area contributed by atoms with E-state index in [1.807, 2.05) is 0 Å². The second-order valence-electron chi connectivity index (χ2n) is 3.26. The van der Waals surface area contributed by atoms with Gasteiger partial charge in [0.2, 0.25) is 13.8 Å². The molecule has 0 fully saturated rings. The minimum Gasteiger partial charge on any atom is -0.508 e. The molecule has 0 amide bonds. The van der Waals surface area contributed by atoms with Gasteiger partial charge in [0, 0.05) is 6.20 Å². The molecule has 90 valence electrons. The lowest BCUT2D eigenvalue weighted by molar-refractivity contribution is 0.357. The van der Waals surface area contributed by atoms with Crippen LogP contribution in [0.4, 0.5) is 0 Å². The van der Waals surface area contributed by atoms with E-state index >= 15 is 0 Å². The number of aliphatic imine (C=N–C) groups is 1. The molecule has 0 unspecified atom stereocenters. The Morgan fingerprint density at radius 1 is 1.29 bits per heavy atom. The molecule has 1 aromatic carbocycles. The standard InChI is InChI=1S/C10H8BrNO4S/c11-10-12-5-9(17(10,14)15)6-16-8-3-1-7(13)2-4-8/h1-5,13H,6H2. The molecule has 0 bridgehead atoms. The molecule has 0 saturated heterocycles. The summed E-state index contributed by atoms with van der Waals surface area (Å²) in [5, 5.41) is 9.07. The van der Waals surface area contributed by atoms with E-state index in [0.29, 0.717) is 5.75 Å². The van der Waals surface area contributed by atoms with Gasteiger partial charge in [0.1, 0.15) is 23.0 Å². The highest BCUT2D eigenvalue weighted by Gasteiger charge is 2.27. The fourth-order valence-corrected chi connectivity index (χ4v) is 2.72. The fraction of sp³-hybridized carbons (Fsp3) is 0.100. The van der Waals surface area contributed by atoms with Crippen LogP contribution in [-0.4, -0.2) is 24.1 Å². The molecule has 1 aliphatic heterocycles. The summed E-state index contributed by atoms with van der Waals surface area (Å²) in [6, 6.07) is 6.01. The van der Waals surface area contributed by atoms with Crippen LogP contribution in [0.5, 0.6) is 11.5 Å². The molecular weight excluding hydrogens is 310 g/mol. The molecule has 1 heterocycles. The smallest absolute Gasteiger partial charge is 0.231 e. The van der Waals surface area contributed by atoms with E-state index in [-0.39, 0.29) is 21.2 Å². The monoisotopic (exact) mass is 317 g/mol. The zero-order valence-electron chi connectivity index (χ0n) is 8.50. The minimum atomic E-state index is -3.49. The van der Waals surface area contributed by atoms with Gasteiger partial charge in [-0.2, -0.15) is 0 Å². The molecule has 1 aromatic rings. The number of hydrogen-bond acceptors (Lipinski definition) is 5. The summed E-state index contributed by atoms with van der Waals surface area (Å²) in [6.07, 6.45) is 1.25. The summed E-state index contributed by atoms with van der Waals surface area (Å²) in [5.41, 5.74) is 0. The van der Waals surface area contributed by atoms with Crippen molar-refractivity contribution < 1.29 is 18.3 Å². The van der Waals surface area contributed by atoms with Crippen LogP contribution in [-0.2, 0) is 9.84 Å². The summed E-state index contributed by atoms with van der Waals surface area (Å²) in [6.45, 7) is -0.0916. The highest BCUT2D eigenvalue weighted by molar-refractivity contribution is 9.21. The molecule has 0 atom stereocenters. The first-order chi connectivity index (χ1) is 8.00. The first kappa shape index (κ1) is 12.1. The van der Waals surface area contributed by atoms with Crippen molar-refractivity contribution in [1.82, 2.24) is 0 Å². The number of ether oxygens (including phenoxy) is 1. The zero-order chi connectivity index (χ0) is 12.5. The highest BCUT2D eigenvalue weighted by Crippen LogP contribution is 2.22. The predicted molar refractivity (Wildman–Crippen MR) is 67.0 cm³/mol. The molecule has 2 rings (SSSR count). The van der Waals surface area contributed by atoms with Gasteiger partial charge in [0.05, 0.1) is 0 Å². The van der Waals surface area contributed by atoms with Crippen molar-refractivity contribution in [3.8, 4) is 11.5 Å². The Balaban J connectivity index is 2.04. The second-order valence-corrected chi connectivity index (χ2v) is 6.46. The van der Waals surface area contributed by atoms with Crippen LogP contribution < -0.4 is 4.74 Å². The normalized spacial score (nSPS) is 17.5. The van der Waals surface area contributed by atoms with E-state index in [1.165, 1.54) is 18.3 Å². The number of benzene rings is 1.